The zero-order valence-corrected chi connectivity index (χ0v) is 21.2. The van der Waals surface area contributed by atoms with Crippen LogP contribution >= 0.6 is 11.8 Å². The Balaban J connectivity index is 1.19. The van der Waals surface area contributed by atoms with Crippen LogP contribution in [0.4, 0.5) is 11.6 Å². The van der Waals surface area contributed by atoms with Gasteiger partial charge in [0.05, 0.1) is 48.4 Å². The van der Waals surface area contributed by atoms with Gasteiger partial charge in [-0.3, -0.25) is 0 Å². The number of nitriles is 1. The van der Waals surface area contributed by atoms with Crippen LogP contribution in [0.5, 0.6) is 5.75 Å². The summed E-state index contributed by atoms with van der Waals surface area (Å²) in [4.78, 5) is 19.3. The number of ether oxygens (including phenoxy) is 2. The number of piperidine rings is 1. The Morgan fingerprint density at radius 1 is 1.31 bits per heavy atom. The fourth-order valence-electron chi connectivity index (χ4n) is 6.02. The first-order valence-corrected chi connectivity index (χ1v) is 13.4. The number of aliphatic hydroxyl groups is 1. The van der Waals surface area contributed by atoms with Gasteiger partial charge in [-0.1, -0.05) is 11.8 Å². The van der Waals surface area contributed by atoms with Crippen LogP contribution < -0.4 is 20.3 Å². The highest BCUT2D eigenvalue weighted by molar-refractivity contribution is 7.99. The zero-order chi connectivity index (χ0) is 24.9. The van der Waals surface area contributed by atoms with Gasteiger partial charge in [0.2, 0.25) is 0 Å². The van der Waals surface area contributed by atoms with E-state index in [2.05, 4.69) is 27.8 Å². The van der Waals surface area contributed by atoms with E-state index in [4.69, 9.17) is 25.2 Å². The van der Waals surface area contributed by atoms with Crippen LogP contribution in [0, 0.1) is 22.7 Å². The maximum Gasteiger partial charge on any atom is 0.175 e. The van der Waals surface area contributed by atoms with E-state index in [0.29, 0.717) is 30.5 Å². The number of rotatable bonds is 4. The summed E-state index contributed by atoms with van der Waals surface area (Å²) in [6.07, 6.45) is 6.29. The molecule has 0 amide bonds. The van der Waals surface area contributed by atoms with Crippen molar-refractivity contribution in [1.82, 2.24) is 15.0 Å². The van der Waals surface area contributed by atoms with E-state index in [9.17, 15) is 10.4 Å². The fourth-order valence-corrected chi connectivity index (χ4v) is 6.88. The molecule has 4 aliphatic rings. The highest BCUT2D eigenvalue weighted by Crippen LogP contribution is 2.45. The largest absolute Gasteiger partial charge is 0.486 e. The van der Waals surface area contributed by atoms with Crippen LogP contribution in [0.1, 0.15) is 31.9 Å². The molecule has 2 aromatic heterocycles. The molecular formula is C25H31N7O3S. The van der Waals surface area contributed by atoms with Crippen LogP contribution in [0.2, 0.25) is 0 Å². The Morgan fingerprint density at radius 2 is 2.14 bits per heavy atom. The number of hydrogen-bond acceptors (Lipinski definition) is 11. The van der Waals surface area contributed by atoms with Gasteiger partial charge in [0.15, 0.2) is 17.4 Å². The SMILES string of the molecule is CC1OCC2(CCN(c3ncc(Sc4ccnc5c4OCC4CC(C#N)CN54)nc3CO)CC2)C1N. The van der Waals surface area contributed by atoms with Crippen molar-refractivity contribution >= 4 is 23.4 Å². The Morgan fingerprint density at radius 3 is 2.86 bits per heavy atom. The molecule has 3 N–H and O–H groups in total. The molecule has 3 saturated heterocycles. The van der Waals surface area contributed by atoms with Crippen LogP contribution in [0.15, 0.2) is 28.4 Å². The fraction of sp³-hybridized carbons (Fsp3) is 0.600. The van der Waals surface area contributed by atoms with Gasteiger partial charge in [-0.15, -0.1) is 0 Å². The number of pyridine rings is 1. The van der Waals surface area contributed by atoms with Gasteiger partial charge in [0, 0.05) is 37.3 Å². The van der Waals surface area contributed by atoms with E-state index in [1.165, 1.54) is 11.8 Å². The minimum Gasteiger partial charge on any atom is -0.486 e. The van der Waals surface area contributed by atoms with Gasteiger partial charge in [-0.05, 0) is 32.3 Å². The summed E-state index contributed by atoms with van der Waals surface area (Å²) < 4.78 is 12.0. The van der Waals surface area contributed by atoms with Crippen molar-refractivity contribution < 1.29 is 14.6 Å². The number of hydrogen-bond donors (Lipinski definition) is 2. The lowest BCUT2D eigenvalue weighted by Gasteiger charge is -2.41. The second-order valence-electron chi connectivity index (χ2n) is 10.3. The number of anilines is 2. The minimum atomic E-state index is -0.187. The minimum absolute atomic E-state index is 0.00168. The van der Waals surface area contributed by atoms with Crippen molar-refractivity contribution in [3.05, 3.63) is 24.2 Å². The van der Waals surface area contributed by atoms with Gasteiger partial charge in [0.25, 0.3) is 0 Å². The second-order valence-corrected chi connectivity index (χ2v) is 11.3. The number of nitrogens with zero attached hydrogens (tertiary/aromatic N) is 6. The molecule has 36 heavy (non-hydrogen) atoms. The van der Waals surface area contributed by atoms with Crippen LogP contribution in [-0.4, -0.2) is 71.1 Å². The first-order valence-electron chi connectivity index (χ1n) is 12.6. The van der Waals surface area contributed by atoms with Gasteiger partial charge in [-0.25, -0.2) is 15.0 Å². The zero-order valence-electron chi connectivity index (χ0n) is 20.3. The number of aromatic nitrogens is 3. The smallest absolute Gasteiger partial charge is 0.175 e. The van der Waals surface area contributed by atoms with Gasteiger partial charge >= 0.3 is 0 Å². The molecule has 6 rings (SSSR count). The lowest BCUT2D eigenvalue weighted by molar-refractivity contribution is 0.0973. The molecule has 2 aromatic rings. The summed E-state index contributed by atoms with van der Waals surface area (Å²) in [5, 5.41) is 20.2. The molecule has 11 heteroatoms. The number of aliphatic hydroxyl groups excluding tert-OH is 1. The summed E-state index contributed by atoms with van der Waals surface area (Å²) >= 11 is 1.45. The van der Waals surface area contributed by atoms with E-state index in [1.807, 2.05) is 6.07 Å². The van der Waals surface area contributed by atoms with E-state index >= 15 is 0 Å². The molecule has 0 radical (unpaired) electrons. The van der Waals surface area contributed by atoms with E-state index in [0.717, 1.165) is 54.6 Å². The van der Waals surface area contributed by atoms with Crippen LogP contribution in [0.3, 0.4) is 0 Å². The van der Waals surface area contributed by atoms with Gasteiger partial charge in [0.1, 0.15) is 17.3 Å². The lowest BCUT2D eigenvalue weighted by atomic mass is 9.73. The Hall–Kier alpha value is -2.65. The van der Waals surface area contributed by atoms with E-state index in [-0.39, 0.29) is 36.1 Å². The number of nitrogens with two attached hydrogens (primary N) is 1. The molecule has 4 aliphatic heterocycles. The van der Waals surface area contributed by atoms with Crippen LogP contribution in [-0.2, 0) is 11.3 Å². The molecule has 1 spiro atoms. The van der Waals surface area contributed by atoms with E-state index in [1.54, 1.807) is 12.4 Å². The van der Waals surface area contributed by atoms with Crippen molar-refractivity contribution in [3.8, 4) is 11.8 Å². The number of fused-ring (bicyclic) bond motifs is 3. The highest BCUT2D eigenvalue weighted by atomic mass is 32.2. The molecule has 4 unspecified atom stereocenters. The summed E-state index contributed by atoms with van der Waals surface area (Å²) in [6, 6.07) is 4.53. The summed E-state index contributed by atoms with van der Waals surface area (Å²) in [6.45, 7) is 5.42. The average molecular weight is 510 g/mol. The molecule has 3 fully saturated rings. The standard InChI is InChI=1S/C25H31N7O3S/c1-15-22(27)25(14-35-15)3-6-31(7-4-25)23-18(12-33)30-20(10-29-23)36-19-2-5-28-24-21(19)34-13-17-8-16(9-26)11-32(17)24/h2,5,10,15-17,22,33H,3-4,6-8,11-14,27H2,1H3. The Kier molecular flexibility index (Phi) is 6.16. The third-order valence-electron chi connectivity index (χ3n) is 8.21. The molecule has 0 aliphatic carbocycles. The monoisotopic (exact) mass is 509 g/mol. The topological polar surface area (TPSA) is 134 Å². The first kappa shape index (κ1) is 23.7. The Bertz CT molecular complexity index is 1180. The van der Waals surface area contributed by atoms with Crippen molar-refractivity contribution in [3.63, 3.8) is 0 Å². The molecule has 190 valence electrons. The molecule has 0 saturated carbocycles. The summed E-state index contributed by atoms with van der Waals surface area (Å²) in [5.74, 6) is 2.23. The summed E-state index contributed by atoms with van der Waals surface area (Å²) in [7, 11) is 0. The molecule has 6 heterocycles. The third kappa shape index (κ3) is 3.96. The normalized spacial score (nSPS) is 28.5. The Labute approximate surface area is 214 Å². The third-order valence-corrected chi connectivity index (χ3v) is 9.16. The lowest BCUT2D eigenvalue weighted by Crippen LogP contribution is -2.51. The van der Waals surface area contributed by atoms with Crippen molar-refractivity contribution in [2.75, 3.05) is 42.6 Å². The molecule has 10 nitrogen and oxygen atoms in total. The summed E-state index contributed by atoms with van der Waals surface area (Å²) in [5.41, 5.74) is 7.06. The predicted octanol–water partition coefficient (Wildman–Crippen LogP) is 1.96. The average Bonchev–Trinajstić information content (AvgIpc) is 3.46. The highest BCUT2D eigenvalue weighted by Gasteiger charge is 2.48. The van der Waals surface area contributed by atoms with Crippen molar-refractivity contribution in [2.45, 2.75) is 60.9 Å². The second kappa shape index (κ2) is 9.34. The quantitative estimate of drug-likeness (QED) is 0.626. The van der Waals surface area contributed by atoms with Crippen molar-refractivity contribution in [1.29, 1.82) is 5.26 Å². The molecule has 0 bridgehead atoms. The molecule has 0 aromatic carbocycles. The van der Waals surface area contributed by atoms with Gasteiger partial charge < -0.3 is 30.1 Å². The molecule has 4 atom stereocenters. The van der Waals surface area contributed by atoms with Crippen LogP contribution in [0.25, 0.3) is 0 Å². The maximum atomic E-state index is 10.1. The predicted molar refractivity (Wildman–Crippen MR) is 134 cm³/mol. The van der Waals surface area contributed by atoms with E-state index < -0.39 is 0 Å². The van der Waals surface area contributed by atoms with Gasteiger partial charge in [-0.2, -0.15) is 5.26 Å². The van der Waals surface area contributed by atoms with Crippen molar-refractivity contribution in [2.24, 2.45) is 17.1 Å². The maximum absolute atomic E-state index is 10.1. The first-order chi connectivity index (χ1) is 17.5. The molecular weight excluding hydrogens is 478 g/mol.